The minimum absolute atomic E-state index is 0.222. The Labute approximate surface area is 75.8 Å². The smallest absolute Gasteiger partial charge is 0.356 e. The van der Waals surface area contributed by atoms with Gasteiger partial charge in [-0.05, 0) is 6.07 Å². The van der Waals surface area contributed by atoms with Crippen LogP contribution in [-0.2, 0) is 9.53 Å². The highest BCUT2D eigenvalue weighted by atomic mass is 16.5. The van der Waals surface area contributed by atoms with Gasteiger partial charge in [0.15, 0.2) is 0 Å². The van der Waals surface area contributed by atoms with Crippen LogP contribution in [0.4, 0.5) is 5.69 Å². The topological polar surface area (TPSA) is 76.2 Å². The van der Waals surface area contributed by atoms with Crippen molar-refractivity contribution in [2.45, 2.75) is 0 Å². The summed E-state index contributed by atoms with van der Waals surface area (Å²) in [5.41, 5.74) is 6.14. The monoisotopic (exact) mass is 178 g/mol. The number of para-hydroxylation sites is 1. The summed E-state index contributed by atoms with van der Waals surface area (Å²) in [6.07, 6.45) is 0. The third-order valence-electron chi connectivity index (χ3n) is 1.62. The van der Waals surface area contributed by atoms with Gasteiger partial charge in [-0.15, -0.1) is 0 Å². The van der Waals surface area contributed by atoms with E-state index in [2.05, 4.69) is 4.74 Å². The van der Waals surface area contributed by atoms with Crippen molar-refractivity contribution in [3.05, 3.63) is 29.8 Å². The van der Waals surface area contributed by atoms with Crippen LogP contribution >= 0.6 is 0 Å². The predicted molar refractivity (Wildman–Crippen MR) is 49.7 cm³/mol. The SMILES string of the molecule is COC(=O)C(=N)c1ccccc1N. The Balaban J connectivity index is 3.02. The molecule has 1 rings (SSSR count). The zero-order chi connectivity index (χ0) is 9.84. The van der Waals surface area contributed by atoms with Gasteiger partial charge in [-0.2, -0.15) is 0 Å². The lowest BCUT2D eigenvalue weighted by Gasteiger charge is -2.04. The van der Waals surface area contributed by atoms with E-state index in [4.69, 9.17) is 11.1 Å². The van der Waals surface area contributed by atoms with Gasteiger partial charge in [0.25, 0.3) is 0 Å². The number of hydrogen-bond donors (Lipinski definition) is 2. The summed E-state index contributed by atoms with van der Waals surface area (Å²) in [4.78, 5) is 11.0. The second-order valence-corrected chi connectivity index (χ2v) is 2.45. The summed E-state index contributed by atoms with van der Waals surface area (Å²) in [5.74, 6) is -0.682. The minimum Gasteiger partial charge on any atom is -0.464 e. The first-order chi connectivity index (χ1) is 6.16. The molecule has 0 atom stereocenters. The summed E-state index contributed by atoms with van der Waals surface area (Å²) in [6, 6.07) is 6.69. The molecule has 1 aromatic rings. The molecule has 1 aromatic carbocycles. The zero-order valence-electron chi connectivity index (χ0n) is 7.20. The maximum absolute atomic E-state index is 11.0. The first kappa shape index (κ1) is 9.25. The van der Waals surface area contributed by atoms with Crippen molar-refractivity contribution in [1.29, 1.82) is 5.41 Å². The van der Waals surface area contributed by atoms with Gasteiger partial charge in [-0.1, -0.05) is 18.2 Å². The summed E-state index contributed by atoms with van der Waals surface area (Å²) < 4.78 is 4.40. The molecule has 68 valence electrons. The van der Waals surface area contributed by atoms with Crippen LogP contribution in [0.1, 0.15) is 5.56 Å². The fourth-order valence-electron chi connectivity index (χ4n) is 0.937. The molecule has 0 amide bonds. The number of nitrogens with two attached hydrogens (primary N) is 1. The number of esters is 1. The van der Waals surface area contributed by atoms with E-state index in [1.54, 1.807) is 24.3 Å². The van der Waals surface area contributed by atoms with Crippen LogP contribution in [0.15, 0.2) is 24.3 Å². The van der Waals surface area contributed by atoms with Gasteiger partial charge in [0.1, 0.15) is 5.71 Å². The predicted octanol–water partition coefficient (Wildman–Crippen LogP) is 0.810. The summed E-state index contributed by atoms with van der Waals surface area (Å²) >= 11 is 0. The molecule has 0 saturated carbocycles. The quantitative estimate of drug-likeness (QED) is 0.399. The lowest BCUT2D eigenvalue weighted by molar-refractivity contribution is -0.132. The van der Waals surface area contributed by atoms with Crippen molar-refractivity contribution >= 4 is 17.4 Å². The van der Waals surface area contributed by atoms with Crippen molar-refractivity contribution in [3.8, 4) is 0 Å². The van der Waals surface area contributed by atoms with E-state index in [9.17, 15) is 4.79 Å². The van der Waals surface area contributed by atoms with Gasteiger partial charge in [0.05, 0.1) is 7.11 Å². The molecule has 13 heavy (non-hydrogen) atoms. The van der Waals surface area contributed by atoms with Crippen LogP contribution < -0.4 is 5.73 Å². The Hall–Kier alpha value is -1.84. The molecule has 0 aliphatic rings. The Morgan fingerprint density at radius 3 is 2.62 bits per heavy atom. The van der Waals surface area contributed by atoms with Crippen LogP contribution in [0.5, 0.6) is 0 Å². The number of hydrogen-bond acceptors (Lipinski definition) is 4. The molecule has 0 spiro atoms. The van der Waals surface area contributed by atoms with Gasteiger partial charge in [0, 0.05) is 11.3 Å². The van der Waals surface area contributed by atoms with Crippen molar-refractivity contribution in [2.24, 2.45) is 0 Å². The average molecular weight is 178 g/mol. The molecule has 0 bridgehead atoms. The molecule has 0 aromatic heterocycles. The molecule has 0 aliphatic carbocycles. The minimum atomic E-state index is -0.682. The lowest BCUT2D eigenvalue weighted by atomic mass is 10.1. The number of ether oxygens (including phenoxy) is 1. The second-order valence-electron chi connectivity index (χ2n) is 2.45. The molecule has 0 heterocycles. The summed E-state index contributed by atoms with van der Waals surface area (Å²) in [6.45, 7) is 0. The van der Waals surface area contributed by atoms with Crippen LogP contribution in [0.25, 0.3) is 0 Å². The number of methoxy groups -OCH3 is 1. The van der Waals surface area contributed by atoms with Crippen LogP contribution in [0, 0.1) is 5.41 Å². The summed E-state index contributed by atoms with van der Waals surface area (Å²) in [7, 11) is 1.23. The second kappa shape index (κ2) is 3.71. The van der Waals surface area contributed by atoms with E-state index in [-0.39, 0.29) is 5.71 Å². The van der Waals surface area contributed by atoms with E-state index < -0.39 is 5.97 Å². The number of rotatable bonds is 2. The normalized spacial score (nSPS) is 9.31. The van der Waals surface area contributed by atoms with Gasteiger partial charge >= 0.3 is 5.97 Å². The first-order valence-corrected chi connectivity index (χ1v) is 3.68. The zero-order valence-corrected chi connectivity index (χ0v) is 7.20. The Morgan fingerprint density at radius 1 is 1.46 bits per heavy atom. The molecule has 0 saturated heterocycles. The molecule has 0 radical (unpaired) electrons. The molecule has 0 aliphatic heterocycles. The van der Waals surface area contributed by atoms with E-state index in [1.807, 2.05) is 0 Å². The highest BCUT2D eigenvalue weighted by Gasteiger charge is 2.13. The van der Waals surface area contributed by atoms with Crippen LogP contribution in [0.2, 0.25) is 0 Å². The summed E-state index contributed by atoms with van der Waals surface area (Å²) in [5, 5.41) is 7.42. The number of benzene rings is 1. The number of anilines is 1. The Kier molecular flexibility index (Phi) is 2.64. The van der Waals surface area contributed by atoms with E-state index in [0.717, 1.165) is 0 Å². The average Bonchev–Trinajstić information content (AvgIpc) is 2.16. The van der Waals surface area contributed by atoms with E-state index >= 15 is 0 Å². The number of nitrogen functional groups attached to an aromatic ring is 1. The van der Waals surface area contributed by atoms with Gasteiger partial charge in [0.2, 0.25) is 0 Å². The highest BCUT2D eigenvalue weighted by molar-refractivity contribution is 6.43. The van der Waals surface area contributed by atoms with Gasteiger partial charge < -0.3 is 10.5 Å². The first-order valence-electron chi connectivity index (χ1n) is 3.68. The maximum Gasteiger partial charge on any atom is 0.356 e. The van der Waals surface area contributed by atoms with Crippen LogP contribution in [0.3, 0.4) is 0 Å². The van der Waals surface area contributed by atoms with Gasteiger partial charge in [-0.3, -0.25) is 5.41 Å². The standard InChI is InChI=1S/C9H10N2O2/c1-13-9(12)8(11)6-4-2-3-5-7(6)10/h2-5,11H,10H2,1H3. The molecule has 4 nitrogen and oxygen atoms in total. The lowest BCUT2D eigenvalue weighted by Crippen LogP contribution is -2.17. The molecular weight excluding hydrogens is 168 g/mol. The third kappa shape index (κ3) is 1.84. The molecule has 0 unspecified atom stereocenters. The van der Waals surface area contributed by atoms with Crippen molar-refractivity contribution in [1.82, 2.24) is 0 Å². The fourth-order valence-corrected chi connectivity index (χ4v) is 0.937. The largest absolute Gasteiger partial charge is 0.464 e. The molecule has 4 heteroatoms. The van der Waals surface area contributed by atoms with E-state index in [0.29, 0.717) is 11.3 Å². The van der Waals surface area contributed by atoms with Crippen LogP contribution in [-0.4, -0.2) is 18.8 Å². The van der Waals surface area contributed by atoms with Crippen molar-refractivity contribution < 1.29 is 9.53 Å². The Morgan fingerprint density at radius 2 is 2.08 bits per heavy atom. The fraction of sp³-hybridized carbons (Fsp3) is 0.111. The molecule has 3 N–H and O–H groups in total. The number of carbonyl (C=O) groups is 1. The third-order valence-corrected chi connectivity index (χ3v) is 1.62. The molecular formula is C9H10N2O2. The Bertz CT molecular complexity index is 347. The van der Waals surface area contributed by atoms with Gasteiger partial charge in [-0.25, -0.2) is 4.79 Å². The van der Waals surface area contributed by atoms with Crippen molar-refractivity contribution in [2.75, 3.05) is 12.8 Å². The van der Waals surface area contributed by atoms with Crippen molar-refractivity contribution in [3.63, 3.8) is 0 Å². The van der Waals surface area contributed by atoms with E-state index in [1.165, 1.54) is 7.11 Å². The maximum atomic E-state index is 11.0. The number of carbonyl (C=O) groups excluding carboxylic acids is 1. The molecule has 0 fully saturated rings. The highest BCUT2D eigenvalue weighted by Crippen LogP contribution is 2.11. The number of nitrogens with one attached hydrogen (secondary N) is 1.